The van der Waals surface area contributed by atoms with Gasteiger partial charge in [-0.1, -0.05) is 35.9 Å². The van der Waals surface area contributed by atoms with Gasteiger partial charge in [0.25, 0.3) is 0 Å². The van der Waals surface area contributed by atoms with E-state index in [9.17, 15) is 9.59 Å². The van der Waals surface area contributed by atoms with Crippen LogP contribution in [0.15, 0.2) is 42.5 Å². The van der Waals surface area contributed by atoms with Crippen LogP contribution in [-0.2, 0) is 9.59 Å². The van der Waals surface area contributed by atoms with Crippen LogP contribution < -0.4 is 10.2 Å². The molecule has 0 radical (unpaired) electrons. The molecule has 1 heterocycles. The predicted molar refractivity (Wildman–Crippen MR) is 96.2 cm³/mol. The molecule has 4 heteroatoms. The molecule has 2 amide bonds. The van der Waals surface area contributed by atoms with E-state index in [2.05, 4.69) is 5.32 Å². The van der Waals surface area contributed by atoms with E-state index >= 15 is 0 Å². The summed E-state index contributed by atoms with van der Waals surface area (Å²) >= 11 is 0. The minimum absolute atomic E-state index is 0.124. The summed E-state index contributed by atoms with van der Waals surface area (Å²) in [4.78, 5) is 27.0. The Labute approximate surface area is 142 Å². The fraction of sp³-hybridized carbons (Fsp3) is 0.300. The van der Waals surface area contributed by atoms with Crippen molar-refractivity contribution in [2.45, 2.75) is 27.2 Å². The summed E-state index contributed by atoms with van der Waals surface area (Å²) in [6.45, 7) is 6.56. The number of amides is 2. The summed E-state index contributed by atoms with van der Waals surface area (Å²) in [7, 11) is 0. The molecule has 1 aliphatic rings. The second-order valence-electron chi connectivity index (χ2n) is 6.43. The van der Waals surface area contributed by atoms with Crippen molar-refractivity contribution in [2.75, 3.05) is 16.8 Å². The highest BCUT2D eigenvalue weighted by atomic mass is 16.2. The molecule has 0 bridgehead atoms. The molecule has 0 saturated carbocycles. The maximum absolute atomic E-state index is 12.6. The Kier molecular flexibility index (Phi) is 4.38. The molecule has 0 aromatic heterocycles. The van der Waals surface area contributed by atoms with Crippen LogP contribution >= 0.6 is 0 Å². The highest BCUT2D eigenvalue weighted by Crippen LogP contribution is 2.28. The first-order chi connectivity index (χ1) is 11.5. The van der Waals surface area contributed by atoms with E-state index in [1.807, 2.05) is 63.2 Å². The molecule has 2 aromatic carbocycles. The van der Waals surface area contributed by atoms with Crippen LogP contribution in [0.5, 0.6) is 0 Å². The zero-order valence-corrected chi connectivity index (χ0v) is 14.3. The molecule has 0 aliphatic carbocycles. The summed E-state index contributed by atoms with van der Waals surface area (Å²) in [5.74, 6) is -0.958. The number of hydrogen-bond donors (Lipinski definition) is 1. The summed E-state index contributed by atoms with van der Waals surface area (Å²) in [5, 5.41) is 2.96. The van der Waals surface area contributed by atoms with Gasteiger partial charge in [-0.05, 0) is 50.5 Å². The van der Waals surface area contributed by atoms with Gasteiger partial charge in [0.15, 0.2) is 0 Å². The molecule has 2 aromatic rings. The largest absolute Gasteiger partial charge is 0.325 e. The monoisotopic (exact) mass is 322 g/mol. The summed E-state index contributed by atoms with van der Waals surface area (Å²) < 4.78 is 0. The number of carbonyl (C=O) groups is 2. The molecule has 0 unspecified atom stereocenters. The van der Waals surface area contributed by atoms with Gasteiger partial charge >= 0.3 is 0 Å². The molecule has 1 atom stereocenters. The van der Waals surface area contributed by atoms with Crippen LogP contribution in [0.3, 0.4) is 0 Å². The van der Waals surface area contributed by atoms with Gasteiger partial charge < -0.3 is 10.2 Å². The third-order valence-electron chi connectivity index (χ3n) is 4.52. The summed E-state index contributed by atoms with van der Waals surface area (Å²) in [5.41, 5.74) is 4.87. The van der Waals surface area contributed by atoms with Crippen molar-refractivity contribution in [3.63, 3.8) is 0 Å². The van der Waals surface area contributed by atoms with Crippen LogP contribution in [0.4, 0.5) is 11.4 Å². The number of aryl methyl sites for hydroxylation is 3. The molecule has 1 aliphatic heterocycles. The zero-order chi connectivity index (χ0) is 17.3. The van der Waals surface area contributed by atoms with Gasteiger partial charge in [0.2, 0.25) is 11.8 Å². The summed E-state index contributed by atoms with van der Waals surface area (Å²) in [6, 6.07) is 13.6. The first kappa shape index (κ1) is 16.2. The standard InChI is InChI=1S/C20H22N2O2/c1-13-11-14(2)18(15(3)12-13)21-19(23)17-9-10-22(20(17)24)16-7-5-4-6-8-16/h4-8,11-12,17H,9-10H2,1-3H3,(H,21,23)/t17-/m0/s1. The number of rotatable bonds is 3. The van der Waals surface area contributed by atoms with Crippen molar-refractivity contribution in [2.24, 2.45) is 5.92 Å². The fourth-order valence-corrected chi connectivity index (χ4v) is 3.38. The second-order valence-corrected chi connectivity index (χ2v) is 6.43. The third-order valence-corrected chi connectivity index (χ3v) is 4.52. The molecule has 0 spiro atoms. The van der Waals surface area contributed by atoms with E-state index in [0.717, 1.165) is 28.1 Å². The van der Waals surface area contributed by atoms with E-state index in [-0.39, 0.29) is 11.8 Å². The highest BCUT2D eigenvalue weighted by Gasteiger charge is 2.37. The lowest BCUT2D eigenvalue weighted by Crippen LogP contribution is -2.33. The molecular formula is C20H22N2O2. The van der Waals surface area contributed by atoms with E-state index in [4.69, 9.17) is 0 Å². The molecule has 4 nitrogen and oxygen atoms in total. The molecule has 3 rings (SSSR count). The smallest absolute Gasteiger partial charge is 0.239 e. The number of anilines is 2. The highest BCUT2D eigenvalue weighted by molar-refractivity contribution is 6.13. The Morgan fingerprint density at radius 2 is 1.71 bits per heavy atom. The normalized spacial score (nSPS) is 17.2. The lowest BCUT2D eigenvalue weighted by atomic mass is 10.0. The van der Waals surface area contributed by atoms with Crippen molar-refractivity contribution in [3.8, 4) is 0 Å². The van der Waals surface area contributed by atoms with E-state index < -0.39 is 5.92 Å². The number of para-hydroxylation sites is 1. The summed E-state index contributed by atoms with van der Waals surface area (Å²) in [6.07, 6.45) is 0.545. The lowest BCUT2D eigenvalue weighted by molar-refractivity contribution is -0.129. The maximum Gasteiger partial charge on any atom is 0.239 e. The molecule has 1 fully saturated rings. The SMILES string of the molecule is Cc1cc(C)c(NC(=O)[C@@H]2CCN(c3ccccc3)C2=O)c(C)c1. The Morgan fingerprint density at radius 1 is 1.08 bits per heavy atom. The Hall–Kier alpha value is -2.62. The molecule has 1 N–H and O–H groups in total. The van der Waals surface area contributed by atoms with E-state index in [1.165, 1.54) is 0 Å². The van der Waals surface area contributed by atoms with E-state index in [1.54, 1.807) is 4.90 Å². The topological polar surface area (TPSA) is 49.4 Å². The number of nitrogens with zero attached hydrogens (tertiary/aromatic N) is 1. The third kappa shape index (κ3) is 3.04. The molecular weight excluding hydrogens is 300 g/mol. The van der Waals surface area contributed by atoms with Crippen molar-refractivity contribution < 1.29 is 9.59 Å². The van der Waals surface area contributed by atoms with Crippen LogP contribution in [0.1, 0.15) is 23.1 Å². The van der Waals surface area contributed by atoms with Crippen LogP contribution in [0, 0.1) is 26.7 Å². The Bertz CT molecular complexity index is 760. The minimum atomic E-state index is -0.620. The average Bonchev–Trinajstić information content (AvgIpc) is 2.93. The number of nitrogens with one attached hydrogen (secondary N) is 1. The number of carbonyl (C=O) groups excluding carboxylic acids is 2. The number of hydrogen-bond acceptors (Lipinski definition) is 2. The van der Waals surface area contributed by atoms with Crippen molar-refractivity contribution in [1.82, 2.24) is 0 Å². The maximum atomic E-state index is 12.6. The van der Waals surface area contributed by atoms with Gasteiger partial charge in [0.1, 0.15) is 5.92 Å². The molecule has 1 saturated heterocycles. The first-order valence-corrected chi connectivity index (χ1v) is 8.22. The van der Waals surface area contributed by atoms with Gasteiger partial charge in [-0.3, -0.25) is 9.59 Å². The Balaban J connectivity index is 1.76. The molecule has 24 heavy (non-hydrogen) atoms. The average molecular weight is 322 g/mol. The van der Waals surface area contributed by atoms with Crippen LogP contribution in [0.2, 0.25) is 0 Å². The van der Waals surface area contributed by atoms with E-state index in [0.29, 0.717) is 13.0 Å². The second kappa shape index (κ2) is 6.48. The Morgan fingerprint density at radius 3 is 2.33 bits per heavy atom. The van der Waals surface area contributed by atoms with Crippen molar-refractivity contribution >= 4 is 23.2 Å². The predicted octanol–water partition coefficient (Wildman–Crippen LogP) is 3.60. The quantitative estimate of drug-likeness (QED) is 0.878. The van der Waals surface area contributed by atoms with Crippen LogP contribution in [0.25, 0.3) is 0 Å². The first-order valence-electron chi connectivity index (χ1n) is 8.22. The lowest BCUT2D eigenvalue weighted by Gasteiger charge is -2.17. The van der Waals surface area contributed by atoms with Crippen LogP contribution in [-0.4, -0.2) is 18.4 Å². The van der Waals surface area contributed by atoms with Crippen molar-refractivity contribution in [1.29, 1.82) is 0 Å². The molecule has 124 valence electrons. The number of benzene rings is 2. The van der Waals surface area contributed by atoms with Gasteiger partial charge in [-0.2, -0.15) is 0 Å². The van der Waals surface area contributed by atoms with Gasteiger partial charge in [0, 0.05) is 17.9 Å². The van der Waals surface area contributed by atoms with Crippen molar-refractivity contribution in [3.05, 3.63) is 59.2 Å². The minimum Gasteiger partial charge on any atom is -0.325 e. The zero-order valence-electron chi connectivity index (χ0n) is 14.3. The van der Waals surface area contributed by atoms with Gasteiger partial charge in [-0.15, -0.1) is 0 Å². The van der Waals surface area contributed by atoms with Gasteiger partial charge in [-0.25, -0.2) is 0 Å². The fourth-order valence-electron chi connectivity index (χ4n) is 3.38. The van der Waals surface area contributed by atoms with Gasteiger partial charge in [0.05, 0.1) is 0 Å².